The van der Waals surface area contributed by atoms with Crippen molar-refractivity contribution in [3.05, 3.63) is 0 Å². The maximum atomic E-state index is 11.9. The molecule has 0 bridgehead atoms. The Morgan fingerprint density at radius 3 is 1.57 bits per heavy atom. The molecule has 0 unspecified atom stereocenters. The van der Waals surface area contributed by atoms with Gasteiger partial charge in [-0.05, 0) is 12.8 Å². The number of carbonyl (C=O) groups excluding carboxylic acids is 4. The summed E-state index contributed by atoms with van der Waals surface area (Å²) < 4.78 is 33.0. The van der Waals surface area contributed by atoms with Crippen molar-refractivity contribution in [2.45, 2.75) is 123 Å². The number of esters is 4. The second-order valence-corrected chi connectivity index (χ2v) is 9.96. The predicted molar refractivity (Wildman–Crippen MR) is 138 cm³/mol. The number of unbranched alkanes of at least 4 members (excludes halogenated alkanes) is 9. The van der Waals surface area contributed by atoms with Gasteiger partial charge in [-0.2, -0.15) is 0 Å². The van der Waals surface area contributed by atoms with E-state index in [2.05, 4.69) is 15.9 Å². The minimum atomic E-state index is -1.21. The number of hydrogen-bond donors (Lipinski definition) is 0. The smallest absolute Gasteiger partial charge is 0.303 e. The van der Waals surface area contributed by atoms with Crippen molar-refractivity contribution in [3.8, 4) is 0 Å². The fraction of sp³-hybridized carbons (Fsp3) is 0.846. The predicted octanol–water partition coefficient (Wildman–Crippen LogP) is 4.38. The number of alkyl halides is 1. The summed E-state index contributed by atoms with van der Waals surface area (Å²) in [6.07, 6.45) is 5.86. The second kappa shape index (κ2) is 19.4. The van der Waals surface area contributed by atoms with Crippen LogP contribution >= 0.6 is 15.9 Å². The van der Waals surface area contributed by atoms with Crippen molar-refractivity contribution in [1.29, 1.82) is 0 Å². The Morgan fingerprint density at radius 2 is 1.08 bits per heavy atom. The van der Waals surface area contributed by atoms with Gasteiger partial charge in [-0.15, -0.1) is 0 Å². The average Bonchev–Trinajstić information content (AvgIpc) is 2.81. The fourth-order valence-corrected chi connectivity index (χ4v) is 4.53. The lowest BCUT2D eigenvalue weighted by Gasteiger charge is -2.44. The van der Waals surface area contributed by atoms with Gasteiger partial charge in [0.05, 0.1) is 0 Å². The third-order valence-electron chi connectivity index (χ3n) is 5.76. The van der Waals surface area contributed by atoms with Gasteiger partial charge in [0.2, 0.25) is 0 Å². The van der Waals surface area contributed by atoms with Crippen molar-refractivity contribution in [1.82, 2.24) is 0 Å². The highest BCUT2D eigenvalue weighted by molar-refractivity contribution is 9.09. The largest absolute Gasteiger partial charge is 0.463 e. The van der Waals surface area contributed by atoms with Crippen LogP contribution < -0.4 is 0 Å². The van der Waals surface area contributed by atoms with Crippen LogP contribution in [0.5, 0.6) is 0 Å². The van der Waals surface area contributed by atoms with Crippen molar-refractivity contribution < 1.29 is 47.6 Å². The van der Waals surface area contributed by atoms with Crippen LogP contribution in [0.15, 0.2) is 0 Å². The first-order valence-corrected chi connectivity index (χ1v) is 14.3. The van der Waals surface area contributed by atoms with Crippen LogP contribution in [0.25, 0.3) is 0 Å². The maximum Gasteiger partial charge on any atom is 0.303 e. The van der Waals surface area contributed by atoms with Gasteiger partial charge in [0, 0.05) is 39.6 Å². The molecule has 0 amide bonds. The highest BCUT2D eigenvalue weighted by Gasteiger charge is 2.52. The van der Waals surface area contributed by atoms with Crippen molar-refractivity contribution in [2.75, 3.05) is 18.5 Å². The van der Waals surface area contributed by atoms with Gasteiger partial charge < -0.3 is 28.4 Å². The van der Waals surface area contributed by atoms with Gasteiger partial charge in [0.1, 0.15) is 12.7 Å². The summed E-state index contributed by atoms with van der Waals surface area (Å²) in [5.41, 5.74) is 0. The van der Waals surface area contributed by atoms with Gasteiger partial charge in [0.25, 0.3) is 0 Å². The summed E-state index contributed by atoms with van der Waals surface area (Å²) in [4.78, 5) is 46.8. The van der Waals surface area contributed by atoms with Crippen LogP contribution in [0.1, 0.15) is 91.9 Å². The van der Waals surface area contributed by atoms with Gasteiger partial charge in [-0.3, -0.25) is 19.2 Å². The molecule has 1 saturated heterocycles. The standard InChI is InChI=1S/C26H43BrO10/c1-18(28)33-17-22-23(34-19(2)29)24(35-20(3)30)25(36-21(4)31)26(37-22)32-16-14-12-10-8-6-5-7-9-11-13-15-27/h22-26H,5-17H2,1-4H3/t22-,23+,24+,25-,26-/m1/s1. The lowest BCUT2D eigenvalue weighted by molar-refractivity contribution is -0.308. The Hall–Kier alpha value is -1.72. The van der Waals surface area contributed by atoms with E-state index >= 15 is 0 Å². The summed E-state index contributed by atoms with van der Waals surface area (Å²) in [5, 5.41) is 1.08. The Bertz CT molecular complexity index is 701. The molecule has 0 aromatic rings. The van der Waals surface area contributed by atoms with E-state index in [0.29, 0.717) is 6.61 Å². The Labute approximate surface area is 228 Å². The number of hydrogen-bond acceptors (Lipinski definition) is 10. The molecule has 1 aliphatic rings. The minimum Gasteiger partial charge on any atom is -0.463 e. The Balaban J connectivity index is 2.71. The van der Waals surface area contributed by atoms with Crippen LogP contribution in [0.3, 0.4) is 0 Å². The van der Waals surface area contributed by atoms with E-state index in [0.717, 1.165) is 31.0 Å². The van der Waals surface area contributed by atoms with Crippen molar-refractivity contribution >= 4 is 39.8 Å². The quantitative estimate of drug-likeness (QED) is 0.0976. The first-order valence-electron chi connectivity index (χ1n) is 13.1. The number of halogens is 1. The summed E-state index contributed by atoms with van der Waals surface area (Å²) in [5.74, 6) is -2.55. The molecule has 5 atom stereocenters. The molecule has 1 rings (SSSR count). The molecule has 1 aliphatic heterocycles. The topological polar surface area (TPSA) is 124 Å². The minimum absolute atomic E-state index is 0.270. The zero-order valence-electron chi connectivity index (χ0n) is 22.5. The summed E-state index contributed by atoms with van der Waals surface area (Å²) in [7, 11) is 0. The number of carbonyl (C=O) groups is 4. The fourth-order valence-electron chi connectivity index (χ4n) is 4.13. The van der Waals surface area contributed by atoms with E-state index in [1.54, 1.807) is 0 Å². The van der Waals surface area contributed by atoms with E-state index in [9.17, 15) is 19.2 Å². The molecule has 1 fully saturated rings. The molecule has 0 spiro atoms. The van der Waals surface area contributed by atoms with E-state index in [1.165, 1.54) is 66.2 Å². The van der Waals surface area contributed by atoms with Crippen LogP contribution in [-0.2, 0) is 47.6 Å². The molecule has 0 aliphatic carbocycles. The molecule has 0 radical (unpaired) electrons. The van der Waals surface area contributed by atoms with E-state index in [1.807, 2.05) is 0 Å². The first-order chi connectivity index (χ1) is 17.6. The summed E-state index contributed by atoms with van der Waals surface area (Å²) >= 11 is 3.46. The van der Waals surface area contributed by atoms with E-state index in [4.69, 9.17) is 28.4 Å². The van der Waals surface area contributed by atoms with Crippen LogP contribution in [-0.4, -0.2) is 73.1 Å². The molecule has 10 nitrogen and oxygen atoms in total. The Morgan fingerprint density at radius 1 is 0.622 bits per heavy atom. The zero-order valence-corrected chi connectivity index (χ0v) is 24.1. The molecule has 1 heterocycles. The molecule has 0 aromatic carbocycles. The van der Waals surface area contributed by atoms with Gasteiger partial charge >= 0.3 is 23.9 Å². The molecule has 0 saturated carbocycles. The first kappa shape index (κ1) is 33.3. The lowest BCUT2D eigenvalue weighted by atomic mass is 9.98. The third kappa shape index (κ3) is 14.7. The molecule has 0 aromatic heterocycles. The maximum absolute atomic E-state index is 11.9. The number of rotatable bonds is 18. The highest BCUT2D eigenvalue weighted by atomic mass is 79.9. The molecular formula is C26H43BrO10. The second-order valence-electron chi connectivity index (χ2n) is 9.16. The molecule has 214 valence electrons. The van der Waals surface area contributed by atoms with Crippen molar-refractivity contribution in [2.24, 2.45) is 0 Å². The number of ether oxygens (including phenoxy) is 6. The van der Waals surface area contributed by atoms with Gasteiger partial charge in [0.15, 0.2) is 24.6 Å². The average molecular weight is 596 g/mol. The van der Waals surface area contributed by atoms with Crippen LogP contribution in [0.2, 0.25) is 0 Å². The summed E-state index contributed by atoms with van der Waals surface area (Å²) in [6, 6.07) is 0. The third-order valence-corrected chi connectivity index (χ3v) is 6.32. The monoisotopic (exact) mass is 594 g/mol. The van der Waals surface area contributed by atoms with E-state index in [-0.39, 0.29) is 6.61 Å². The molecule has 37 heavy (non-hydrogen) atoms. The molecule has 11 heteroatoms. The SMILES string of the molecule is CC(=O)OC[C@H]1O[C@@H](OCCCCCCCCCCCCBr)[C@H](OC(C)=O)[C@@H](OC(C)=O)[C@H]1OC(C)=O. The van der Waals surface area contributed by atoms with Crippen LogP contribution in [0.4, 0.5) is 0 Å². The normalized spacial score (nSPS) is 23.2. The molecular weight excluding hydrogens is 552 g/mol. The lowest BCUT2D eigenvalue weighted by Crippen LogP contribution is -2.63. The Kier molecular flexibility index (Phi) is 17.4. The van der Waals surface area contributed by atoms with Gasteiger partial charge in [-0.1, -0.05) is 67.3 Å². The molecule has 0 N–H and O–H groups in total. The summed E-state index contributed by atoms with van der Waals surface area (Å²) in [6.45, 7) is 4.85. The highest BCUT2D eigenvalue weighted by Crippen LogP contribution is 2.30. The van der Waals surface area contributed by atoms with E-state index < -0.39 is 54.6 Å². The van der Waals surface area contributed by atoms with Crippen LogP contribution in [0, 0.1) is 0 Å². The zero-order chi connectivity index (χ0) is 27.6. The van der Waals surface area contributed by atoms with Gasteiger partial charge in [-0.25, -0.2) is 0 Å². The van der Waals surface area contributed by atoms with Crippen molar-refractivity contribution in [3.63, 3.8) is 0 Å².